The van der Waals surface area contributed by atoms with E-state index in [0.29, 0.717) is 6.54 Å². The fourth-order valence-corrected chi connectivity index (χ4v) is 4.28. The molecular weight excluding hydrogens is 360 g/mol. The summed E-state index contributed by atoms with van der Waals surface area (Å²) < 4.78 is 2.29. The van der Waals surface area contributed by atoms with Gasteiger partial charge in [-0.1, -0.05) is 6.07 Å². The number of hydrogen-bond donors (Lipinski definition) is 1. The van der Waals surface area contributed by atoms with Crippen LogP contribution in [-0.4, -0.2) is 26.9 Å². The van der Waals surface area contributed by atoms with E-state index >= 15 is 0 Å². The summed E-state index contributed by atoms with van der Waals surface area (Å²) in [5, 5.41) is 5.76. The van der Waals surface area contributed by atoms with Crippen molar-refractivity contribution in [1.82, 2.24) is 14.5 Å². The molecule has 6 heteroatoms. The Morgan fingerprint density at radius 2 is 1.93 bits per heavy atom. The van der Waals surface area contributed by atoms with Crippen molar-refractivity contribution in [2.45, 2.75) is 19.5 Å². The zero-order valence-corrected chi connectivity index (χ0v) is 15.9. The lowest BCUT2D eigenvalue weighted by atomic mass is 10.1. The van der Waals surface area contributed by atoms with Crippen molar-refractivity contribution in [3.05, 3.63) is 78.4 Å². The average molecular weight is 380 g/mol. The van der Waals surface area contributed by atoms with Crippen molar-refractivity contribution in [2.24, 2.45) is 4.99 Å². The molecule has 142 valence electrons. The number of aryl methyl sites for hydroxylation is 1. The third kappa shape index (κ3) is 2.68. The Balaban J connectivity index is 1.36. The molecule has 0 bridgehead atoms. The Bertz CT molecular complexity index is 1260. The Morgan fingerprint density at radius 3 is 2.93 bits per heavy atom. The van der Waals surface area contributed by atoms with Crippen LogP contribution in [0.2, 0.25) is 0 Å². The fraction of sp³-hybridized carbons (Fsp3) is 0.174. The summed E-state index contributed by atoms with van der Waals surface area (Å²) in [7, 11) is 0. The molecule has 6 nitrogen and oxygen atoms in total. The summed E-state index contributed by atoms with van der Waals surface area (Å²) >= 11 is 0. The topological polar surface area (TPSA) is 58.3 Å². The molecule has 1 N–H and O–H groups in total. The number of aromatic nitrogens is 3. The quantitative estimate of drug-likeness (QED) is 0.562. The first-order chi connectivity index (χ1) is 14.4. The van der Waals surface area contributed by atoms with Crippen molar-refractivity contribution in [3.63, 3.8) is 0 Å². The SMILES string of the molecule is c1cnc2c(c1)CN=C2Nc1ccc2c(N3CCCn4cccc43)nccc2c1. The van der Waals surface area contributed by atoms with E-state index < -0.39 is 0 Å². The minimum atomic E-state index is 0.682. The minimum absolute atomic E-state index is 0.682. The second-order valence-electron chi connectivity index (χ2n) is 7.44. The molecule has 0 spiro atoms. The summed E-state index contributed by atoms with van der Waals surface area (Å²) in [5.74, 6) is 3.06. The highest BCUT2D eigenvalue weighted by Gasteiger charge is 2.21. The lowest BCUT2D eigenvalue weighted by Crippen LogP contribution is -2.28. The van der Waals surface area contributed by atoms with Crippen LogP contribution in [0.1, 0.15) is 17.7 Å². The molecule has 0 fully saturated rings. The molecule has 5 heterocycles. The predicted molar refractivity (Wildman–Crippen MR) is 116 cm³/mol. The van der Waals surface area contributed by atoms with Crippen LogP contribution in [0.4, 0.5) is 17.3 Å². The van der Waals surface area contributed by atoms with Crippen LogP contribution in [0.15, 0.2) is 72.1 Å². The van der Waals surface area contributed by atoms with Crippen LogP contribution < -0.4 is 10.2 Å². The van der Waals surface area contributed by atoms with Crippen LogP contribution in [0.3, 0.4) is 0 Å². The highest BCUT2D eigenvalue weighted by Crippen LogP contribution is 2.34. The summed E-state index contributed by atoms with van der Waals surface area (Å²) in [6.45, 7) is 2.73. The van der Waals surface area contributed by atoms with E-state index in [4.69, 9.17) is 4.98 Å². The van der Waals surface area contributed by atoms with E-state index in [1.807, 2.05) is 18.5 Å². The number of nitrogens with zero attached hydrogens (tertiary/aromatic N) is 5. The summed E-state index contributed by atoms with van der Waals surface area (Å²) in [6, 6.07) is 16.8. The Labute approximate surface area is 168 Å². The maximum absolute atomic E-state index is 4.73. The van der Waals surface area contributed by atoms with E-state index in [1.54, 1.807) is 0 Å². The van der Waals surface area contributed by atoms with Gasteiger partial charge in [-0.05, 0) is 54.3 Å². The molecule has 6 rings (SSSR count). The third-order valence-electron chi connectivity index (χ3n) is 5.65. The molecule has 4 aromatic rings. The lowest BCUT2D eigenvalue weighted by molar-refractivity contribution is 0.596. The number of amidine groups is 1. The molecule has 0 radical (unpaired) electrons. The van der Waals surface area contributed by atoms with Gasteiger partial charge in [0.2, 0.25) is 0 Å². The van der Waals surface area contributed by atoms with Gasteiger partial charge in [-0.3, -0.25) is 9.98 Å². The van der Waals surface area contributed by atoms with Crippen LogP contribution in [0.25, 0.3) is 10.8 Å². The molecule has 0 unspecified atom stereocenters. The second kappa shape index (κ2) is 6.44. The van der Waals surface area contributed by atoms with Crippen LogP contribution in [-0.2, 0) is 13.1 Å². The number of pyridine rings is 2. The van der Waals surface area contributed by atoms with Gasteiger partial charge in [-0.15, -0.1) is 0 Å². The van der Waals surface area contributed by atoms with Crippen LogP contribution >= 0.6 is 0 Å². The summed E-state index contributed by atoms with van der Waals surface area (Å²) in [5.41, 5.74) is 3.11. The van der Waals surface area contributed by atoms with Gasteiger partial charge >= 0.3 is 0 Å². The third-order valence-corrected chi connectivity index (χ3v) is 5.65. The molecule has 2 aliphatic heterocycles. The Morgan fingerprint density at radius 1 is 0.931 bits per heavy atom. The molecule has 29 heavy (non-hydrogen) atoms. The molecule has 2 aliphatic rings. The van der Waals surface area contributed by atoms with E-state index in [9.17, 15) is 0 Å². The lowest BCUT2D eigenvalue weighted by Gasteiger charge is -2.30. The minimum Gasteiger partial charge on any atom is -0.339 e. The van der Waals surface area contributed by atoms with E-state index in [2.05, 4.69) is 73.4 Å². The van der Waals surface area contributed by atoms with Crippen molar-refractivity contribution >= 4 is 33.9 Å². The maximum atomic E-state index is 4.73. The van der Waals surface area contributed by atoms with Crippen molar-refractivity contribution in [3.8, 4) is 0 Å². The number of rotatable bonds is 2. The monoisotopic (exact) mass is 380 g/mol. The van der Waals surface area contributed by atoms with Crippen LogP contribution in [0, 0.1) is 0 Å². The first-order valence-electron chi connectivity index (χ1n) is 9.94. The highest BCUT2D eigenvalue weighted by atomic mass is 15.3. The molecule has 0 saturated carbocycles. The number of hydrogen-bond acceptors (Lipinski definition) is 5. The van der Waals surface area contributed by atoms with Crippen molar-refractivity contribution < 1.29 is 0 Å². The van der Waals surface area contributed by atoms with Gasteiger partial charge in [0.05, 0.1) is 6.54 Å². The van der Waals surface area contributed by atoms with E-state index in [1.165, 1.54) is 5.82 Å². The van der Waals surface area contributed by atoms with E-state index in [0.717, 1.165) is 58.9 Å². The molecule has 3 aromatic heterocycles. The molecule has 0 amide bonds. The number of benzene rings is 1. The largest absolute Gasteiger partial charge is 0.339 e. The van der Waals surface area contributed by atoms with Gasteiger partial charge in [0.25, 0.3) is 0 Å². The standard InChI is InChI=1S/C23H20N6/c1-4-17-15-26-22(21(17)24-9-1)27-18-6-7-19-16(14-18)8-10-25-23(19)29-13-3-12-28-11-2-5-20(28)29/h1-2,4-11,14H,3,12-13,15H2,(H,26,27). The maximum Gasteiger partial charge on any atom is 0.152 e. The highest BCUT2D eigenvalue weighted by molar-refractivity contribution is 6.10. The second-order valence-corrected chi connectivity index (χ2v) is 7.44. The number of anilines is 3. The van der Waals surface area contributed by atoms with Gasteiger partial charge in [-0.2, -0.15) is 0 Å². The molecular formula is C23H20N6. The van der Waals surface area contributed by atoms with Crippen molar-refractivity contribution in [2.75, 3.05) is 16.8 Å². The first-order valence-corrected chi connectivity index (χ1v) is 9.94. The average Bonchev–Trinajstić information content (AvgIpc) is 3.40. The molecule has 1 aromatic carbocycles. The van der Waals surface area contributed by atoms with Gasteiger partial charge in [-0.25, -0.2) is 4.98 Å². The predicted octanol–water partition coefficient (Wildman–Crippen LogP) is 4.35. The smallest absolute Gasteiger partial charge is 0.152 e. The molecule has 0 aliphatic carbocycles. The molecule has 0 saturated heterocycles. The van der Waals surface area contributed by atoms with Gasteiger partial charge in [0, 0.05) is 48.3 Å². The van der Waals surface area contributed by atoms with Gasteiger partial charge < -0.3 is 14.8 Å². The summed E-state index contributed by atoms with van der Waals surface area (Å²) in [4.78, 5) is 16.1. The zero-order valence-electron chi connectivity index (χ0n) is 15.9. The number of aliphatic imine (C=N–C) groups is 1. The van der Waals surface area contributed by atoms with E-state index in [-0.39, 0.29) is 0 Å². The van der Waals surface area contributed by atoms with Crippen molar-refractivity contribution in [1.29, 1.82) is 0 Å². The number of fused-ring (bicyclic) bond motifs is 3. The normalized spacial score (nSPS) is 15.2. The van der Waals surface area contributed by atoms with Gasteiger partial charge in [0.1, 0.15) is 17.3 Å². The molecule has 0 atom stereocenters. The summed E-state index contributed by atoms with van der Waals surface area (Å²) in [6.07, 6.45) is 6.97. The zero-order chi connectivity index (χ0) is 19.2. The Hall–Kier alpha value is -3.67. The number of nitrogens with one attached hydrogen (secondary N) is 1. The fourth-order valence-electron chi connectivity index (χ4n) is 4.28. The van der Waals surface area contributed by atoms with Gasteiger partial charge in [0.15, 0.2) is 5.84 Å². The van der Waals surface area contributed by atoms with Crippen LogP contribution in [0.5, 0.6) is 0 Å². The Kier molecular flexibility index (Phi) is 3.62. The first kappa shape index (κ1) is 16.3.